The number of benzene rings is 1. The van der Waals surface area contributed by atoms with Gasteiger partial charge in [-0.25, -0.2) is 13.4 Å². The first-order valence-corrected chi connectivity index (χ1v) is 10.3. The van der Waals surface area contributed by atoms with Crippen molar-refractivity contribution in [1.29, 1.82) is 0 Å². The lowest BCUT2D eigenvalue weighted by Gasteiger charge is -2.09. The van der Waals surface area contributed by atoms with E-state index in [1.807, 2.05) is 30.8 Å². The Morgan fingerprint density at radius 3 is 2.52 bits per heavy atom. The maximum atomic E-state index is 12.8. The number of nitrogens with one attached hydrogen (secondary N) is 1. The van der Waals surface area contributed by atoms with Crippen molar-refractivity contribution in [2.45, 2.75) is 25.7 Å². The van der Waals surface area contributed by atoms with Gasteiger partial charge < -0.3 is 4.57 Å². The molecule has 0 spiro atoms. The van der Waals surface area contributed by atoms with Crippen molar-refractivity contribution in [3.63, 3.8) is 0 Å². The third kappa shape index (κ3) is 3.44. The molecular weight excluding hydrogens is 378 g/mol. The van der Waals surface area contributed by atoms with E-state index in [9.17, 15) is 8.42 Å². The predicted octanol–water partition coefficient (Wildman–Crippen LogP) is 4.53. The molecule has 132 valence electrons. The number of hydrogen-bond acceptors (Lipinski definition) is 4. The average molecular weight is 396 g/mol. The van der Waals surface area contributed by atoms with E-state index >= 15 is 0 Å². The Bertz CT molecular complexity index is 1050. The van der Waals surface area contributed by atoms with Crippen LogP contribution < -0.4 is 4.72 Å². The molecule has 3 rings (SSSR count). The molecule has 1 aromatic carbocycles. The van der Waals surface area contributed by atoms with Gasteiger partial charge in [0.1, 0.15) is 9.90 Å². The Kier molecular flexibility index (Phi) is 4.66. The van der Waals surface area contributed by atoms with Crippen LogP contribution in [0.15, 0.2) is 34.5 Å². The number of rotatable bonds is 4. The topological polar surface area (TPSA) is 64.0 Å². The molecule has 0 saturated heterocycles. The zero-order valence-corrected chi connectivity index (χ0v) is 16.7. The van der Waals surface area contributed by atoms with Gasteiger partial charge in [0.25, 0.3) is 10.0 Å². The third-order valence-corrected chi connectivity index (χ3v) is 6.93. The van der Waals surface area contributed by atoms with Crippen LogP contribution >= 0.6 is 22.9 Å². The number of anilines is 1. The number of aryl methyl sites for hydroxylation is 2. The van der Waals surface area contributed by atoms with E-state index in [-0.39, 0.29) is 4.90 Å². The summed E-state index contributed by atoms with van der Waals surface area (Å²) in [7, 11) is -1.89. The monoisotopic (exact) mass is 395 g/mol. The molecule has 0 aliphatic carbocycles. The fraction of sp³-hybridized carbons (Fsp3) is 0.235. The highest BCUT2D eigenvalue weighted by molar-refractivity contribution is 7.92. The second-order valence-electron chi connectivity index (χ2n) is 5.90. The number of nitrogens with zero attached hydrogens (tertiary/aromatic N) is 2. The van der Waals surface area contributed by atoms with Gasteiger partial charge in [-0.15, -0.1) is 11.3 Å². The van der Waals surface area contributed by atoms with Crippen molar-refractivity contribution in [2.75, 3.05) is 4.72 Å². The molecule has 0 saturated carbocycles. The summed E-state index contributed by atoms with van der Waals surface area (Å²) in [6.45, 7) is 5.56. The molecule has 0 unspecified atom stereocenters. The Labute approximate surface area is 156 Å². The Hall–Kier alpha value is -1.83. The zero-order chi connectivity index (χ0) is 18.4. The third-order valence-electron chi connectivity index (χ3n) is 4.04. The van der Waals surface area contributed by atoms with Crippen molar-refractivity contribution in [3.8, 4) is 10.7 Å². The maximum absolute atomic E-state index is 12.8. The standard InChI is InChI=1S/C17H18ClN3O2S2/c1-10-5-6-13(7-14(10)18)20-25(22,23)16-8-15(21(4)12(16)3)17-19-11(2)9-24-17/h5-9,20H,1-4H3. The van der Waals surface area contributed by atoms with E-state index < -0.39 is 10.0 Å². The minimum Gasteiger partial charge on any atom is -0.345 e. The van der Waals surface area contributed by atoms with E-state index in [0.29, 0.717) is 16.4 Å². The fourth-order valence-corrected chi connectivity index (χ4v) is 4.86. The van der Waals surface area contributed by atoms with Crippen LogP contribution in [0.4, 0.5) is 5.69 Å². The summed E-state index contributed by atoms with van der Waals surface area (Å²) >= 11 is 7.58. The van der Waals surface area contributed by atoms with Crippen molar-refractivity contribution in [1.82, 2.24) is 9.55 Å². The zero-order valence-electron chi connectivity index (χ0n) is 14.3. The molecule has 5 nitrogen and oxygen atoms in total. The van der Waals surface area contributed by atoms with E-state index in [1.54, 1.807) is 31.2 Å². The number of aromatic nitrogens is 2. The molecule has 8 heteroatoms. The quantitative estimate of drug-likeness (QED) is 0.705. The average Bonchev–Trinajstić information content (AvgIpc) is 3.08. The highest BCUT2D eigenvalue weighted by atomic mass is 35.5. The highest BCUT2D eigenvalue weighted by Crippen LogP contribution is 2.31. The van der Waals surface area contributed by atoms with Gasteiger partial charge >= 0.3 is 0 Å². The van der Waals surface area contributed by atoms with Gasteiger partial charge in [-0.3, -0.25) is 4.72 Å². The van der Waals surface area contributed by atoms with Crippen LogP contribution in [0.3, 0.4) is 0 Å². The molecule has 0 amide bonds. The van der Waals surface area contributed by atoms with Gasteiger partial charge in [-0.05, 0) is 44.5 Å². The largest absolute Gasteiger partial charge is 0.345 e. The SMILES string of the molecule is Cc1csc(-c2cc(S(=O)(=O)Nc3ccc(C)c(Cl)c3)c(C)n2C)n1. The molecule has 0 atom stereocenters. The lowest BCUT2D eigenvalue weighted by molar-refractivity contribution is 0.600. The summed E-state index contributed by atoms with van der Waals surface area (Å²) in [4.78, 5) is 4.68. The molecule has 0 aliphatic heterocycles. The van der Waals surface area contributed by atoms with Crippen LogP contribution in [0, 0.1) is 20.8 Å². The second kappa shape index (κ2) is 6.48. The van der Waals surface area contributed by atoms with Crippen molar-refractivity contribution in [2.24, 2.45) is 7.05 Å². The van der Waals surface area contributed by atoms with Gasteiger partial charge in [0.15, 0.2) is 0 Å². The van der Waals surface area contributed by atoms with Crippen molar-refractivity contribution >= 4 is 38.6 Å². The smallest absolute Gasteiger partial charge is 0.263 e. The van der Waals surface area contributed by atoms with E-state index in [2.05, 4.69) is 9.71 Å². The molecule has 25 heavy (non-hydrogen) atoms. The summed E-state index contributed by atoms with van der Waals surface area (Å²) in [5, 5.41) is 3.25. The van der Waals surface area contributed by atoms with Crippen LogP contribution in [0.1, 0.15) is 17.0 Å². The molecule has 0 radical (unpaired) electrons. The van der Waals surface area contributed by atoms with Crippen molar-refractivity contribution < 1.29 is 8.42 Å². The second-order valence-corrected chi connectivity index (χ2v) is 8.82. The van der Waals surface area contributed by atoms with Crippen LogP contribution in [0.5, 0.6) is 0 Å². The van der Waals surface area contributed by atoms with Gasteiger partial charge in [0.05, 0.1) is 11.4 Å². The first kappa shape index (κ1) is 18.0. The van der Waals surface area contributed by atoms with Gasteiger partial charge in [-0.1, -0.05) is 17.7 Å². The number of halogens is 1. The van der Waals surface area contributed by atoms with Crippen LogP contribution in [0.25, 0.3) is 10.7 Å². The molecular formula is C17H18ClN3O2S2. The van der Waals surface area contributed by atoms with E-state index in [0.717, 1.165) is 22.0 Å². The molecule has 3 aromatic rings. The van der Waals surface area contributed by atoms with E-state index in [1.165, 1.54) is 11.3 Å². The fourth-order valence-electron chi connectivity index (χ4n) is 2.49. The summed E-state index contributed by atoms with van der Waals surface area (Å²) < 4.78 is 30.1. The minimum atomic E-state index is -3.73. The maximum Gasteiger partial charge on any atom is 0.263 e. The van der Waals surface area contributed by atoms with E-state index in [4.69, 9.17) is 11.6 Å². The van der Waals surface area contributed by atoms with Crippen LogP contribution in [-0.4, -0.2) is 18.0 Å². The minimum absolute atomic E-state index is 0.231. The lowest BCUT2D eigenvalue weighted by Crippen LogP contribution is -2.13. The summed E-state index contributed by atoms with van der Waals surface area (Å²) in [6, 6.07) is 6.74. The Morgan fingerprint density at radius 2 is 1.92 bits per heavy atom. The van der Waals surface area contributed by atoms with Crippen molar-refractivity contribution in [3.05, 3.63) is 51.6 Å². The highest BCUT2D eigenvalue weighted by Gasteiger charge is 2.23. The summed E-state index contributed by atoms with van der Waals surface area (Å²) in [5.41, 5.74) is 3.66. The molecule has 0 aliphatic rings. The number of thiazole rings is 1. The molecule has 2 aromatic heterocycles. The molecule has 0 bridgehead atoms. The molecule has 2 heterocycles. The van der Waals surface area contributed by atoms with Gasteiger partial charge in [0.2, 0.25) is 0 Å². The first-order valence-electron chi connectivity index (χ1n) is 7.57. The van der Waals surface area contributed by atoms with Crippen LogP contribution in [-0.2, 0) is 17.1 Å². The van der Waals surface area contributed by atoms with Gasteiger partial charge in [0, 0.05) is 28.8 Å². The molecule has 1 N–H and O–H groups in total. The number of sulfonamides is 1. The lowest BCUT2D eigenvalue weighted by atomic mass is 10.2. The predicted molar refractivity (Wildman–Crippen MR) is 103 cm³/mol. The summed E-state index contributed by atoms with van der Waals surface area (Å²) in [6.07, 6.45) is 0. The normalized spacial score (nSPS) is 11.7. The first-order chi connectivity index (χ1) is 11.7. The Morgan fingerprint density at radius 1 is 1.20 bits per heavy atom. The molecule has 0 fully saturated rings. The summed E-state index contributed by atoms with van der Waals surface area (Å²) in [5.74, 6) is 0. The van der Waals surface area contributed by atoms with Crippen LogP contribution in [0.2, 0.25) is 5.02 Å². The Balaban J connectivity index is 2.01. The number of hydrogen-bond donors (Lipinski definition) is 1. The van der Waals surface area contributed by atoms with Gasteiger partial charge in [-0.2, -0.15) is 0 Å².